The van der Waals surface area contributed by atoms with Crippen LogP contribution in [0, 0.1) is 13.8 Å². The Morgan fingerprint density at radius 3 is 1.95 bits per heavy atom. The number of anilines is 4. The summed E-state index contributed by atoms with van der Waals surface area (Å²) in [5.74, 6) is 1.56. The molecule has 0 atom stereocenters. The van der Waals surface area contributed by atoms with Gasteiger partial charge in [-0.05, 0) is 49.2 Å². The second-order valence-electron chi connectivity index (χ2n) is 7.50. The lowest BCUT2D eigenvalue weighted by Gasteiger charge is -2.10. The number of aryl methyl sites for hydroxylation is 2. The molecule has 38 heavy (non-hydrogen) atoms. The highest BCUT2D eigenvalue weighted by Gasteiger charge is 2.16. The molecule has 0 saturated carbocycles. The standard InChI is InChI=1S/C22H20N8O6S2/c1-13-23-11-25-21(27-13)29-17-7-5-15(19(9-17)37-36-35-31)3-4-16-6-8-18(10-20(16)38(32,33)34)30-22-26-12-24-14(2)28-22/h3-12,31H,1-2H3,(H,32,33,34)(H,23,25,27,29)(H,24,26,28,30)/b4-3+. The molecular weight excluding hydrogens is 536 g/mol. The van der Waals surface area contributed by atoms with Gasteiger partial charge >= 0.3 is 0 Å². The maximum Gasteiger partial charge on any atom is 0.295 e. The fourth-order valence-corrected chi connectivity index (χ4v) is 4.38. The summed E-state index contributed by atoms with van der Waals surface area (Å²) in [6, 6.07) is 9.50. The van der Waals surface area contributed by atoms with E-state index in [0.29, 0.717) is 51.5 Å². The van der Waals surface area contributed by atoms with Crippen LogP contribution in [-0.2, 0) is 19.5 Å². The van der Waals surface area contributed by atoms with Crippen molar-refractivity contribution < 1.29 is 27.6 Å². The van der Waals surface area contributed by atoms with E-state index in [0.717, 1.165) is 0 Å². The molecule has 0 unspecified atom stereocenters. The van der Waals surface area contributed by atoms with E-state index in [1.165, 1.54) is 30.9 Å². The summed E-state index contributed by atoms with van der Waals surface area (Å²) in [7, 11) is -4.59. The van der Waals surface area contributed by atoms with Crippen LogP contribution in [0.15, 0.2) is 58.8 Å². The van der Waals surface area contributed by atoms with Gasteiger partial charge in [0.1, 0.15) is 29.2 Å². The van der Waals surface area contributed by atoms with Gasteiger partial charge in [-0.2, -0.15) is 18.4 Å². The van der Waals surface area contributed by atoms with E-state index < -0.39 is 10.1 Å². The van der Waals surface area contributed by atoms with Crippen molar-refractivity contribution in [1.29, 1.82) is 0 Å². The summed E-state index contributed by atoms with van der Waals surface area (Å²) in [6.45, 7) is 3.41. The first kappa shape index (κ1) is 27.0. The van der Waals surface area contributed by atoms with Crippen LogP contribution in [0.25, 0.3) is 12.2 Å². The second kappa shape index (κ2) is 12.0. The van der Waals surface area contributed by atoms with Crippen LogP contribution in [0.3, 0.4) is 0 Å². The molecule has 0 aliphatic rings. The van der Waals surface area contributed by atoms with Crippen molar-refractivity contribution in [2.45, 2.75) is 23.6 Å². The zero-order chi connectivity index (χ0) is 27.1. The smallest absolute Gasteiger partial charge is 0.295 e. The van der Waals surface area contributed by atoms with E-state index in [4.69, 9.17) is 5.26 Å². The minimum absolute atomic E-state index is 0.211. The minimum atomic E-state index is -4.59. The van der Waals surface area contributed by atoms with Gasteiger partial charge in [0, 0.05) is 16.3 Å². The number of hydrogen-bond donors (Lipinski definition) is 4. The molecule has 0 bridgehead atoms. The SMILES string of the molecule is Cc1ncnc(Nc2ccc(/C=C/c3ccc(Nc4ncnc(C)n4)cc3S(=O)(=O)O)c(SOOO)c2)n1. The first-order valence-electron chi connectivity index (χ1n) is 10.6. The van der Waals surface area contributed by atoms with E-state index in [1.807, 2.05) is 0 Å². The molecule has 4 N–H and O–H groups in total. The van der Waals surface area contributed by atoms with Crippen molar-refractivity contribution in [1.82, 2.24) is 29.9 Å². The summed E-state index contributed by atoms with van der Waals surface area (Å²) in [6.07, 6.45) is 5.80. The van der Waals surface area contributed by atoms with Crippen LogP contribution in [0.5, 0.6) is 0 Å². The van der Waals surface area contributed by atoms with Gasteiger partial charge in [0.2, 0.25) is 11.9 Å². The second-order valence-corrected chi connectivity index (χ2v) is 9.63. The maximum atomic E-state index is 12.1. The van der Waals surface area contributed by atoms with Crippen molar-refractivity contribution >= 4 is 57.6 Å². The van der Waals surface area contributed by atoms with Crippen LogP contribution in [0.4, 0.5) is 23.3 Å². The van der Waals surface area contributed by atoms with Crippen LogP contribution in [0.2, 0.25) is 0 Å². The molecule has 0 aliphatic carbocycles. The summed E-state index contributed by atoms with van der Waals surface area (Å²) in [5, 5.41) is 18.2. The molecule has 2 aromatic heterocycles. The molecule has 0 amide bonds. The Labute approximate surface area is 221 Å². The van der Waals surface area contributed by atoms with Crippen molar-refractivity contribution in [2.75, 3.05) is 10.6 Å². The fourth-order valence-electron chi connectivity index (χ4n) is 3.16. The monoisotopic (exact) mass is 556 g/mol. The molecule has 0 saturated heterocycles. The normalized spacial score (nSPS) is 11.6. The van der Waals surface area contributed by atoms with E-state index in [9.17, 15) is 13.0 Å². The Kier molecular flexibility index (Phi) is 8.52. The number of nitrogens with one attached hydrogen (secondary N) is 2. The Balaban J connectivity index is 1.63. The van der Waals surface area contributed by atoms with Gasteiger partial charge in [0.25, 0.3) is 10.1 Å². The fraction of sp³-hybridized carbons (Fsp3) is 0.0909. The summed E-state index contributed by atoms with van der Waals surface area (Å²) in [5.41, 5.74) is 1.73. The van der Waals surface area contributed by atoms with Crippen molar-refractivity contribution in [3.8, 4) is 0 Å². The maximum absolute atomic E-state index is 12.1. The van der Waals surface area contributed by atoms with Crippen molar-refractivity contribution in [2.24, 2.45) is 0 Å². The van der Waals surface area contributed by atoms with Gasteiger partial charge < -0.3 is 10.6 Å². The van der Waals surface area contributed by atoms with Gasteiger partial charge in [-0.1, -0.05) is 29.3 Å². The predicted molar refractivity (Wildman–Crippen MR) is 138 cm³/mol. The third-order valence-electron chi connectivity index (χ3n) is 4.80. The summed E-state index contributed by atoms with van der Waals surface area (Å²) < 4.78 is 38.7. The molecule has 14 nitrogen and oxygen atoms in total. The number of nitrogens with zero attached hydrogens (tertiary/aromatic N) is 6. The highest BCUT2D eigenvalue weighted by Crippen LogP contribution is 2.31. The predicted octanol–water partition coefficient (Wildman–Crippen LogP) is 4.01. The lowest BCUT2D eigenvalue weighted by Crippen LogP contribution is -2.04. The number of aromatic nitrogens is 6. The van der Waals surface area contributed by atoms with Gasteiger partial charge in [-0.25, -0.2) is 25.2 Å². The highest BCUT2D eigenvalue weighted by atomic mass is 32.2. The third-order valence-corrected chi connectivity index (χ3v) is 6.37. The van der Waals surface area contributed by atoms with Crippen LogP contribution in [-0.4, -0.2) is 48.1 Å². The zero-order valence-corrected chi connectivity index (χ0v) is 21.4. The zero-order valence-electron chi connectivity index (χ0n) is 19.8. The number of rotatable bonds is 10. The van der Waals surface area contributed by atoms with Crippen molar-refractivity contribution in [3.63, 3.8) is 0 Å². The molecule has 196 valence electrons. The van der Waals surface area contributed by atoms with Gasteiger partial charge in [0.05, 0.1) is 12.0 Å². The Morgan fingerprint density at radius 2 is 1.39 bits per heavy atom. The van der Waals surface area contributed by atoms with Crippen LogP contribution >= 0.6 is 12.0 Å². The van der Waals surface area contributed by atoms with Crippen LogP contribution < -0.4 is 10.6 Å². The molecule has 0 aliphatic heterocycles. The Hall–Kier alpha value is -4.06. The van der Waals surface area contributed by atoms with E-state index in [1.54, 1.807) is 44.2 Å². The molecule has 0 spiro atoms. The molecule has 16 heteroatoms. The molecule has 0 radical (unpaired) electrons. The summed E-state index contributed by atoms with van der Waals surface area (Å²) >= 11 is 0.711. The van der Waals surface area contributed by atoms with Gasteiger partial charge in [-0.3, -0.25) is 4.55 Å². The van der Waals surface area contributed by atoms with Crippen LogP contribution in [0.1, 0.15) is 22.8 Å². The molecule has 4 rings (SSSR count). The molecular formula is C22H20N8O6S2. The average molecular weight is 557 g/mol. The molecule has 4 aromatic rings. The molecule has 0 fully saturated rings. The Bertz CT molecular complexity index is 1590. The first-order valence-corrected chi connectivity index (χ1v) is 12.8. The molecule has 2 heterocycles. The van der Waals surface area contributed by atoms with Gasteiger partial charge in [-0.15, -0.1) is 4.33 Å². The quantitative estimate of drug-likeness (QED) is 0.0718. The third kappa shape index (κ3) is 7.25. The van der Waals surface area contributed by atoms with E-state index in [2.05, 4.69) is 49.9 Å². The minimum Gasteiger partial charge on any atom is -0.324 e. The number of benzene rings is 2. The Morgan fingerprint density at radius 1 is 0.842 bits per heavy atom. The van der Waals surface area contributed by atoms with Gasteiger partial charge in [0.15, 0.2) is 0 Å². The average Bonchev–Trinajstić information content (AvgIpc) is 2.87. The molecule has 2 aromatic carbocycles. The number of hydrogen-bond acceptors (Lipinski definition) is 14. The van der Waals surface area contributed by atoms with E-state index in [-0.39, 0.29) is 16.4 Å². The van der Waals surface area contributed by atoms with E-state index >= 15 is 0 Å². The van der Waals surface area contributed by atoms with Crippen molar-refractivity contribution in [3.05, 3.63) is 71.8 Å². The lowest BCUT2D eigenvalue weighted by atomic mass is 10.1. The topological polar surface area (TPSA) is 194 Å². The highest BCUT2D eigenvalue weighted by molar-refractivity contribution is 7.94. The first-order chi connectivity index (χ1) is 18.2. The largest absolute Gasteiger partial charge is 0.324 e. The lowest BCUT2D eigenvalue weighted by molar-refractivity contribution is -0.432. The summed E-state index contributed by atoms with van der Waals surface area (Å²) in [4.78, 5) is 24.3.